The lowest BCUT2D eigenvalue weighted by Gasteiger charge is -2.11. The van der Waals surface area contributed by atoms with Gasteiger partial charge in [-0.25, -0.2) is 4.85 Å². The average molecular weight is 299 g/mol. The highest BCUT2D eigenvalue weighted by Crippen LogP contribution is 2.36. The van der Waals surface area contributed by atoms with E-state index in [1.165, 1.54) is 12.3 Å². The molecule has 0 unspecified atom stereocenters. The van der Waals surface area contributed by atoms with Crippen molar-refractivity contribution in [2.75, 3.05) is 0 Å². The first-order valence-electron chi connectivity index (χ1n) is 6.53. The highest BCUT2D eigenvalue weighted by atomic mass is 19.3. The number of nitrogens with zero attached hydrogens (tertiary/aromatic N) is 1. The summed E-state index contributed by atoms with van der Waals surface area (Å²) < 4.78 is 34.9. The first kappa shape index (κ1) is 14.1. The van der Waals surface area contributed by atoms with Gasteiger partial charge in [0.25, 0.3) is 0 Å². The molecule has 0 saturated carbocycles. The Morgan fingerprint density at radius 3 is 2.73 bits per heavy atom. The number of furan rings is 1. The lowest BCUT2D eigenvalue weighted by atomic mass is 10.0. The molecule has 3 rings (SSSR count). The molecule has 0 spiro atoms. The van der Waals surface area contributed by atoms with Crippen LogP contribution >= 0.6 is 0 Å². The van der Waals surface area contributed by atoms with Crippen LogP contribution in [0, 0.1) is 13.5 Å². The van der Waals surface area contributed by atoms with E-state index in [1.54, 1.807) is 37.3 Å². The lowest BCUT2D eigenvalue weighted by Crippen LogP contribution is -2.03. The van der Waals surface area contributed by atoms with E-state index in [4.69, 9.17) is 11.0 Å². The molecule has 0 amide bonds. The number of rotatable bonds is 3. The minimum atomic E-state index is -2.88. The summed E-state index contributed by atoms with van der Waals surface area (Å²) in [6.07, 6.45) is 1.53. The fourth-order valence-electron chi connectivity index (χ4n) is 2.34. The van der Waals surface area contributed by atoms with Crippen LogP contribution < -0.4 is 4.74 Å². The van der Waals surface area contributed by atoms with E-state index in [-0.39, 0.29) is 5.75 Å². The average Bonchev–Trinajstić information content (AvgIpc) is 2.96. The van der Waals surface area contributed by atoms with Crippen molar-refractivity contribution in [1.29, 1.82) is 0 Å². The van der Waals surface area contributed by atoms with E-state index in [2.05, 4.69) is 9.58 Å². The van der Waals surface area contributed by atoms with E-state index in [0.717, 1.165) is 5.39 Å². The van der Waals surface area contributed by atoms with Crippen LogP contribution in [-0.2, 0) is 0 Å². The van der Waals surface area contributed by atoms with Gasteiger partial charge < -0.3 is 9.15 Å². The Labute approximate surface area is 125 Å². The van der Waals surface area contributed by atoms with E-state index < -0.39 is 6.61 Å². The maximum atomic E-state index is 12.5. The number of benzene rings is 2. The van der Waals surface area contributed by atoms with Crippen molar-refractivity contribution in [3.8, 4) is 16.9 Å². The first-order valence-corrected chi connectivity index (χ1v) is 6.53. The molecule has 1 aromatic heterocycles. The van der Waals surface area contributed by atoms with E-state index in [1.807, 2.05) is 0 Å². The highest BCUT2D eigenvalue weighted by molar-refractivity contribution is 5.95. The van der Waals surface area contributed by atoms with Crippen LogP contribution in [0.3, 0.4) is 0 Å². The van der Waals surface area contributed by atoms with Crippen LogP contribution in [-0.4, -0.2) is 6.61 Å². The van der Waals surface area contributed by atoms with Gasteiger partial charge in [0.15, 0.2) is 5.69 Å². The summed E-state index contributed by atoms with van der Waals surface area (Å²) in [5.41, 5.74) is 3.01. The zero-order valence-corrected chi connectivity index (χ0v) is 11.6. The minimum absolute atomic E-state index is 0.112. The number of fused-ring (bicyclic) bond motifs is 1. The topological polar surface area (TPSA) is 26.7 Å². The molecule has 0 aliphatic carbocycles. The Morgan fingerprint density at radius 2 is 2.00 bits per heavy atom. The molecular weight excluding hydrogens is 288 g/mol. The Balaban J connectivity index is 2.19. The van der Waals surface area contributed by atoms with Gasteiger partial charge in [-0.05, 0) is 42.3 Å². The summed E-state index contributed by atoms with van der Waals surface area (Å²) >= 11 is 0. The monoisotopic (exact) mass is 299 g/mol. The predicted octanol–water partition coefficient (Wildman–Crippen LogP) is 5.56. The third kappa shape index (κ3) is 2.51. The van der Waals surface area contributed by atoms with E-state index in [0.29, 0.717) is 28.0 Å². The van der Waals surface area contributed by atoms with Crippen LogP contribution in [0.4, 0.5) is 14.5 Å². The molecule has 0 N–H and O–H groups in total. The standard InChI is InChI=1S/C17H11F2NO2/c1-10-3-4-11(8-15(10)22-17(18)19)14-9-13(20-2)7-12-5-6-21-16(12)14/h3-9,17H,1H3. The first-order chi connectivity index (χ1) is 10.6. The molecular formula is C17H11F2NO2. The quantitative estimate of drug-likeness (QED) is 0.592. The van der Waals surface area contributed by atoms with Crippen molar-refractivity contribution in [3.05, 3.63) is 59.6 Å². The second-order valence-corrected chi connectivity index (χ2v) is 4.80. The second kappa shape index (κ2) is 5.49. The van der Waals surface area contributed by atoms with Crippen LogP contribution in [0.5, 0.6) is 5.75 Å². The normalized spacial score (nSPS) is 10.9. The Kier molecular flexibility index (Phi) is 3.51. The Morgan fingerprint density at radius 1 is 1.18 bits per heavy atom. The molecule has 1 heterocycles. The molecule has 0 aliphatic rings. The van der Waals surface area contributed by atoms with Crippen LogP contribution in [0.1, 0.15) is 5.56 Å². The van der Waals surface area contributed by atoms with Gasteiger partial charge in [0.2, 0.25) is 0 Å². The summed E-state index contributed by atoms with van der Waals surface area (Å²) in [5, 5.41) is 0.792. The molecule has 0 radical (unpaired) electrons. The molecule has 2 aromatic carbocycles. The van der Waals surface area contributed by atoms with Gasteiger partial charge in [0.1, 0.15) is 11.3 Å². The van der Waals surface area contributed by atoms with Crippen molar-refractivity contribution in [3.63, 3.8) is 0 Å². The van der Waals surface area contributed by atoms with Crippen molar-refractivity contribution in [2.24, 2.45) is 0 Å². The fraction of sp³-hybridized carbons (Fsp3) is 0.118. The van der Waals surface area contributed by atoms with E-state index in [9.17, 15) is 8.78 Å². The number of hydrogen-bond donors (Lipinski definition) is 0. The van der Waals surface area contributed by atoms with Gasteiger partial charge in [0, 0.05) is 10.9 Å². The molecule has 5 heteroatoms. The number of halogens is 2. The van der Waals surface area contributed by atoms with Gasteiger partial charge in [0.05, 0.1) is 12.8 Å². The summed E-state index contributed by atoms with van der Waals surface area (Å²) in [6, 6.07) is 10.2. The summed E-state index contributed by atoms with van der Waals surface area (Å²) in [5.74, 6) is 0.112. The SMILES string of the molecule is [C-]#[N+]c1cc(-c2ccc(C)c(OC(F)F)c2)c2occc2c1. The summed E-state index contributed by atoms with van der Waals surface area (Å²) in [6.45, 7) is 5.98. The number of hydrogen-bond acceptors (Lipinski definition) is 2. The molecule has 22 heavy (non-hydrogen) atoms. The lowest BCUT2D eigenvalue weighted by molar-refractivity contribution is -0.0502. The predicted molar refractivity (Wildman–Crippen MR) is 79.3 cm³/mol. The smallest absolute Gasteiger partial charge is 0.387 e. The summed E-state index contributed by atoms with van der Waals surface area (Å²) in [7, 11) is 0. The molecule has 3 aromatic rings. The van der Waals surface area contributed by atoms with Crippen LogP contribution in [0.25, 0.3) is 26.9 Å². The third-order valence-corrected chi connectivity index (χ3v) is 3.38. The van der Waals surface area contributed by atoms with Gasteiger partial charge in [-0.3, -0.25) is 0 Å². The third-order valence-electron chi connectivity index (χ3n) is 3.38. The molecule has 110 valence electrons. The zero-order valence-electron chi connectivity index (χ0n) is 11.6. The number of alkyl halides is 2. The van der Waals surface area contributed by atoms with Crippen molar-refractivity contribution in [1.82, 2.24) is 0 Å². The van der Waals surface area contributed by atoms with Crippen molar-refractivity contribution in [2.45, 2.75) is 13.5 Å². The van der Waals surface area contributed by atoms with Crippen LogP contribution in [0.2, 0.25) is 0 Å². The van der Waals surface area contributed by atoms with E-state index >= 15 is 0 Å². The second-order valence-electron chi connectivity index (χ2n) is 4.80. The molecule has 0 atom stereocenters. The fourth-order valence-corrected chi connectivity index (χ4v) is 2.34. The molecule has 0 aliphatic heterocycles. The Bertz CT molecular complexity index is 878. The van der Waals surface area contributed by atoms with Crippen molar-refractivity contribution >= 4 is 16.7 Å². The minimum Gasteiger partial charge on any atom is -0.464 e. The number of aryl methyl sites for hydroxylation is 1. The maximum absolute atomic E-state index is 12.5. The molecule has 0 saturated heterocycles. The highest BCUT2D eigenvalue weighted by Gasteiger charge is 2.13. The Hall–Kier alpha value is -2.87. The van der Waals surface area contributed by atoms with Crippen molar-refractivity contribution < 1.29 is 17.9 Å². The summed E-state index contributed by atoms with van der Waals surface area (Å²) in [4.78, 5) is 3.43. The molecule has 0 fully saturated rings. The van der Waals surface area contributed by atoms with Gasteiger partial charge in [-0.2, -0.15) is 8.78 Å². The molecule has 0 bridgehead atoms. The van der Waals surface area contributed by atoms with Gasteiger partial charge in [-0.1, -0.05) is 12.1 Å². The van der Waals surface area contributed by atoms with Crippen LogP contribution in [0.15, 0.2) is 47.1 Å². The van der Waals surface area contributed by atoms with Gasteiger partial charge >= 0.3 is 6.61 Å². The molecule has 3 nitrogen and oxygen atoms in total. The maximum Gasteiger partial charge on any atom is 0.387 e. The van der Waals surface area contributed by atoms with Gasteiger partial charge in [-0.15, -0.1) is 0 Å². The number of ether oxygens (including phenoxy) is 1. The zero-order chi connectivity index (χ0) is 15.7. The largest absolute Gasteiger partial charge is 0.464 e.